The van der Waals surface area contributed by atoms with Gasteiger partial charge < -0.3 is 9.80 Å². The highest BCUT2D eigenvalue weighted by atomic mass is 32.1. The maximum atomic E-state index is 13.0. The van der Waals surface area contributed by atoms with Crippen molar-refractivity contribution in [1.29, 1.82) is 0 Å². The van der Waals surface area contributed by atoms with E-state index in [9.17, 15) is 4.79 Å². The number of hydrogen-bond acceptors (Lipinski definition) is 6. The minimum Gasteiger partial charge on any atom is -0.338 e. The first-order valence-corrected chi connectivity index (χ1v) is 10.8. The molecule has 2 aromatic heterocycles. The summed E-state index contributed by atoms with van der Waals surface area (Å²) >= 11 is 1.88. The first-order valence-electron chi connectivity index (χ1n) is 9.89. The quantitative estimate of drug-likeness (QED) is 0.810. The van der Waals surface area contributed by atoms with Gasteiger partial charge in [0, 0.05) is 56.0 Å². The first kappa shape index (κ1) is 17.1. The number of nitrogens with zero attached hydrogens (tertiary/aromatic N) is 5. The van der Waals surface area contributed by atoms with Crippen molar-refractivity contribution in [2.24, 2.45) is 5.92 Å². The topological polar surface area (TPSA) is 52.6 Å². The normalized spacial score (nSPS) is 23.3. The zero-order chi connectivity index (χ0) is 18.2. The van der Waals surface area contributed by atoms with E-state index in [4.69, 9.17) is 0 Å². The van der Waals surface area contributed by atoms with Crippen LogP contribution in [0.1, 0.15) is 29.3 Å². The number of rotatable bonds is 4. The third kappa shape index (κ3) is 3.46. The molecule has 142 valence electrons. The van der Waals surface area contributed by atoms with E-state index in [1.54, 1.807) is 12.4 Å². The fourth-order valence-electron chi connectivity index (χ4n) is 4.42. The third-order valence-electron chi connectivity index (χ3n) is 5.99. The molecule has 0 N–H and O–H groups in total. The van der Waals surface area contributed by atoms with Gasteiger partial charge >= 0.3 is 0 Å². The summed E-state index contributed by atoms with van der Waals surface area (Å²) in [7, 11) is 0. The predicted molar refractivity (Wildman–Crippen MR) is 106 cm³/mol. The third-order valence-corrected chi connectivity index (χ3v) is 6.99. The van der Waals surface area contributed by atoms with Crippen molar-refractivity contribution in [2.45, 2.75) is 25.3 Å². The lowest BCUT2D eigenvalue weighted by Crippen LogP contribution is -2.52. The van der Waals surface area contributed by atoms with E-state index in [1.165, 1.54) is 23.3 Å². The molecule has 1 saturated carbocycles. The Morgan fingerprint density at radius 2 is 1.89 bits per heavy atom. The number of carbonyl (C=O) groups excluding carboxylic acids is 1. The van der Waals surface area contributed by atoms with Crippen LogP contribution in [0.4, 0.5) is 5.95 Å². The number of aromatic nitrogens is 2. The molecule has 1 aliphatic carbocycles. The summed E-state index contributed by atoms with van der Waals surface area (Å²) in [5.41, 5.74) is 1.49. The van der Waals surface area contributed by atoms with Crippen molar-refractivity contribution in [2.75, 3.05) is 44.2 Å². The van der Waals surface area contributed by atoms with Gasteiger partial charge in [0.25, 0.3) is 0 Å². The van der Waals surface area contributed by atoms with Crippen LogP contribution in [0, 0.1) is 5.92 Å². The highest BCUT2D eigenvalue weighted by Crippen LogP contribution is 2.48. The SMILES string of the molecule is O=C(CN1CCc2sccc2C1C1CC1)N1CCN(c2ncccn2)CC1. The summed E-state index contributed by atoms with van der Waals surface area (Å²) < 4.78 is 0. The van der Waals surface area contributed by atoms with Crippen LogP contribution in [-0.2, 0) is 11.2 Å². The van der Waals surface area contributed by atoms with E-state index in [2.05, 4.69) is 31.2 Å². The predicted octanol–water partition coefficient (Wildman–Crippen LogP) is 2.20. The molecule has 0 aromatic carbocycles. The van der Waals surface area contributed by atoms with Crippen LogP contribution in [0.3, 0.4) is 0 Å². The van der Waals surface area contributed by atoms with Crippen LogP contribution in [0.15, 0.2) is 29.9 Å². The summed E-state index contributed by atoms with van der Waals surface area (Å²) in [5.74, 6) is 1.78. The Kier molecular flexibility index (Phi) is 4.57. The van der Waals surface area contributed by atoms with Gasteiger partial charge in [0.15, 0.2) is 0 Å². The number of piperazine rings is 1. The molecule has 0 bridgehead atoms. The fourth-order valence-corrected chi connectivity index (χ4v) is 5.34. The Bertz CT molecular complexity index is 798. The summed E-state index contributed by atoms with van der Waals surface area (Å²) in [6.45, 7) is 4.68. The lowest BCUT2D eigenvalue weighted by Gasteiger charge is -2.39. The second kappa shape index (κ2) is 7.20. The number of anilines is 1. The number of amides is 1. The molecule has 2 fully saturated rings. The molecule has 1 amide bonds. The molecule has 1 atom stereocenters. The van der Waals surface area contributed by atoms with Gasteiger partial charge in [0.2, 0.25) is 11.9 Å². The molecular weight excluding hydrogens is 358 g/mol. The van der Waals surface area contributed by atoms with Crippen LogP contribution >= 0.6 is 11.3 Å². The van der Waals surface area contributed by atoms with E-state index in [1.807, 2.05) is 22.3 Å². The largest absolute Gasteiger partial charge is 0.338 e. The molecule has 0 spiro atoms. The first-order chi connectivity index (χ1) is 13.3. The van der Waals surface area contributed by atoms with Crippen molar-refractivity contribution < 1.29 is 4.79 Å². The average molecular weight is 384 g/mol. The van der Waals surface area contributed by atoms with Crippen LogP contribution < -0.4 is 4.90 Å². The number of hydrogen-bond donors (Lipinski definition) is 0. The van der Waals surface area contributed by atoms with Crippen molar-refractivity contribution in [3.05, 3.63) is 40.3 Å². The Labute approximate surface area is 163 Å². The molecule has 2 aromatic rings. The fraction of sp³-hybridized carbons (Fsp3) is 0.550. The number of thiophene rings is 1. The number of carbonyl (C=O) groups is 1. The molecule has 1 unspecified atom stereocenters. The highest BCUT2D eigenvalue weighted by molar-refractivity contribution is 7.10. The minimum absolute atomic E-state index is 0.271. The van der Waals surface area contributed by atoms with Gasteiger partial charge in [-0.15, -0.1) is 11.3 Å². The van der Waals surface area contributed by atoms with Crippen molar-refractivity contribution in [3.63, 3.8) is 0 Å². The summed E-state index contributed by atoms with van der Waals surface area (Å²) in [5, 5.41) is 2.22. The monoisotopic (exact) mass is 383 g/mol. The summed E-state index contributed by atoms with van der Waals surface area (Å²) in [6.07, 6.45) is 7.24. The average Bonchev–Trinajstić information content (AvgIpc) is 3.44. The van der Waals surface area contributed by atoms with Gasteiger partial charge in [-0.2, -0.15) is 0 Å². The van der Waals surface area contributed by atoms with E-state index < -0.39 is 0 Å². The molecule has 3 aliphatic rings. The Hall–Kier alpha value is -1.99. The van der Waals surface area contributed by atoms with Crippen LogP contribution in [0.5, 0.6) is 0 Å². The molecule has 5 rings (SSSR count). The van der Waals surface area contributed by atoms with Crippen molar-refractivity contribution >= 4 is 23.2 Å². The van der Waals surface area contributed by atoms with Crippen molar-refractivity contribution in [1.82, 2.24) is 19.8 Å². The van der Waals surface area contributed by atoms with E-state index in [0.29, 0.717) is 12.6 Å². The molecule has 27 heavy (non-hydrogen) atoms. The highest BCUT2D eigenvalue weighted by Gasteiger charge is 2.40. The van der Waals surface area contributed by atoms with Gasteiger partial charge in [-0.1, -0.05) is 0 Å². The van der Waals surface area contributed by atoms with Crippen LogP contribution in [-0.4, -0.2) is 64.9 Å². The molecular formula is C20H25N5OS. The Morgan fingerprint density at radius 1 is 1.11 bits per heavy atom. The summed E-state index contributed by atoms with van der Waals surface area (Å²) in [4.78, 5) is 29.8. The van der Waals surface area contributed by atoms with Crippen LogP contribution in [0.2, 0.25) is 0 Å². The summed E-state index contributed by atoms with van der Waals surface area (Å²) in [6, 6.07) is 4.58. The van der Waals surface area contributed by atoms with Crippen LogP contribution in [0.25, 0.3) is 0 Å². The maximum absolute atomic E-state index is 13.0. The van der Waals surface area contributed by atoms with E-state index in [-0.39, 0.29) is 5.91 Å². The zero-order valence-electron chi connectivity index (χ0n) is 15.5. The van der Waals surface area contributed by atoms with Gasteiger partial charge in [-0.3, -0.25) is 9.69 Å². The van der Waals surface area contributed by atoms with E-state index >= 15 is 0 Å². The second-order valence-corrected chi connectivity index (χ2v) is 8.72. The zero-order valence-corrected chi connectivity index (χ0v) is 16.3. The molecule has 1 saturated heterocycles. The van der Waals surface area contributed by atoms with Crippen molar-refractivity contribution in [3.8, 4) is 0 Å². The molecule has 0 radical (unpaired) electrons. The van der Waals surface area contributed by atoms with Gasteiger partial charge in [0.05, 0.1) is 6.54 Å². The lowest BCUT2D eigenvalue weighted by molar-refractivity contribution is -0.133. The lowest BCUT2D eigenvalue weighted by atomic mass is 9.96. The number of fused-ring (bicyclic) bond motifs is 1. The second-order valence-electron chi connectivity index (χ2n) is 7.72. The standard InChI is InChI=1S/C20H25N5OS/c26-18(23-9-11-24(12-10-23)20-21-6-1-7-22-20)14-25-8-4-17-16(5-13-27-17)19(25)15-2-3-15/h1,5-7,13,15,19H,2-4,8-12,14H2. The Balaban J connectivity index is 1.21. The molecule has 7 heteroatoms. The van der Waals surface area contributed by atoms with Gasteiger partial charge in [-0.25, -0.2) is 9.97 Å². The minimum atomic E-state index is 0.271. The Morgan fingerprint density at radius 3 is 2.63 bits per heavy atom. The van der Waals surface area contributed by atoms with Gasteiger partial charge in [0.1, 0.15) is 0 Å². The molecule has 2 aliphatic heterocycles. The molecule has 6 nitrogen and oxygen atoms in total. The molecule has 4 heterocycles. The van der Waals surface area contributed by atoms with Gasteiger partial charge in [-0.05, 0) is 48.3 Å². The van der Waals surface area contributed by atoms with E-state index in [0.717, 1.165) is 51.0 Å². The maximum Gasteiger partial charge on any atom is 0.236 e. The smallest absolute Gasteiger partial charge is 0.236 e.